The Hall–Kier alpha value is -1.59. The maximum atomic E-state index is 7.47. The van der Waals surface area contributed by atoms with Gasteiger partial charge in [0.25, 0.3) is 0 Å². The normalized spacial score (nSPS) is 22.3. The first-order chi connectivity index (χ1) is 9.72. The largest absolute Gasteiger partial charge is 0.493 e. The van der Waals surface area contributed by atoms with Gasteiger partial charge in [0.05, 0.1) is 13.2 Å². The minimum atomic E-state index is -0.239. The number of nitrogens with one attached hydrogen (secondary N) is 1. The zero-order chi connectivity index (χ0) is 13.9. The van der Waals surface area contributed by atoms with Gasteiger partial charge in [-0.25, -0.2) is 0 Å². The summed E-state index contributed by atoms with van der Waals surface area (Å²) in [4.78, 5) is 2.32. The van der Waals surface area contributed by atoms with Gasteiger partial charge in [-0.15, -0.1) is 0 Å². The summed E-state index contributed by atoms with van der Waals surface area (Å²) in [6.45, 7) is 4.08. The summed E-state index contributed by atoms with van der Waals surface area (Å²) in [6, 6.07) is 6.48. The highest BCUT2D eigenvalue weighted by atomic mass is 16.5. The first-order valence-electron chi connectivity index (χ1n) is 7.15. The van der Waals surface area contributed by atoms with Gasteiger partial charge in [0.1, 0.15) is 17.7 Å². The minimum Gasteiger partial charge on any atom is -0.493 e. The van der Waals surface area contributed by atoms with Gasteiger partial charge in [-0.05, 0) is 23.6 Å². The van der Waals surface area contributed by atoms with E-state index < -0.39 is 0 Å². The number of hydrogen-bond acceptors (Lipinski definition) is 4. The minimum absolute atomic E-state index is 0.129. The van der Waals surface area contributed by atoms with Gasteiger partial charge in [-0.1, -0.05) is 12.1 Å². The van der Waals surface area contributed by atoms with Gasteiger partial charge in [-0.2, -0.15) is 0 Å². The second-order valence-corrected chi connectivity index (χ2v) is 5.41. The molecule has 5 nitrogen and oxygen atoms in total. The molecule has 1 unspecified atom stereocenters. The molecule has 1 aromatic rings. The number of fused-ring (bicyclic) bond motifs is 1. The van der Waals surface area contributed by atoms with Crippen molar-refractivity contribution in [1.82, 2.24) is 4.90 Å². The van der Waals surface area contributed by atoms with Crippen LogP contribution in [-0.4, -0.2) is 49.7 Å². The molecule has 0 saturated carbocycles. The Morgan fingerprint density at radius 3 is 3.15 bits per heavy atom. The van der Waals surface area contributed by atoms with E-state index in [-0.39, 0.29) is 11.9 Å². The lowest BCUT2D eigenvalue weighted by Crippen LogP contribution is -2.48. The van der Waals surface area contributed by atoms with E-state index in [2.05, 4.69) is 23.1 Å². The number of rotatable bonds is 4. The topological polar surface area (TPSA) is 71.6 Å². The number of benzene rings is 1. The maximum Gasteiger partial charge on any atom is 0.127 e. The van der Waals surface area contributed by atoms with Crippen LogP contribution in [0.1, 0.15) is 11.1 Å². The van der Waals surface area contributed by atoms with Crippen molar-refractivity contribution in [1.29, 1.82) is 5.41 Å². The number of ether oxygens (including phenoxy) is 2. The molecule has 0 amide bonds. The van der Waals surface area contributed by atoms with Crippen molar-refractivity contribution >= 4 is 5.84 Å². The van der Waals surface area contributed by atoms with Crippen LogP contribution in [-0.2, 0) is 17.6 Å². The van der Waals surface area contributed by atoms with Gasteiger partial charge in [0, 0.05) is 26.1 Å². The first kappa shape index (κ1) is 13.4. The van der Waals surface area contributed by atoms with E-state index in [1.54, 1.807) is 0 Å². The van der Waals surface area contributed by atoms with Gasteiger partial charge in [0.15, 0.2) is 0 Å². The Morgan fingerprint density at radius 1 is 1.40 bits per heavy atom. The SMILES string of the molecule is N=C(N)C1CN(CCc2ccc3c(c2)CCO3)CCO1. The van der Waals surface area contributed by atoms with E-state index >= 15 is 0 Å². The van der Waals surface area contributed by atoms with E-state index in [1.807, 2.05) is 0 Å². The van der Waals surface area contributed by atoms with E-state index in [0.29, 0.717) is 6.61 Å². The lowest BCUT2D eigenvalue weighted by atomic mass is 10.1. The lowest BCUT2D eigenvalue weighted by molar-refractivity contribution is 0.00617. The average molecular weight is 275 g/mol. The highest BCUT2D eigenvalue weighted by Crippen LogP contribution is 2.26. The Labute approximate surface area is 119 Å². The Balaban J connectivity index is 1.55. The smallest absolute Gasteiger partial charge is 0.127 e. The molecular weight excluding hydrogens is 254 g/mol. The van der Waals surface area contributed by atoms with Crippen molar-refractivity contribution in [2.45, 2.75) is 18.9 Å². The van der Waals surface area contributed by atoms with Crippen LogP contribution < -0.4 is 10.5 Å². The summed E-state index contributed by atoms with van der Waals surface area (Å²) >= 11 is 0. The average Bonchev–Trinajstić information content (AvgIpc) is 2.93. The maximum absolute atomic E-state index is 7.47. The first-order valence-corrected chi connectivity index (χ1v) is 7.15. The van der Waals surface area contributed by atoms with Crippen LogP contribution >= 0.6 is 0 Å². The number of hydrogen-bond donors (Lipinski definition) is 2. The molecule has 0 aliphatic carbocycles. The van der Waals surface area contributed by atoms with E-state index in [0.717, 1.165) is 44.8 Å². The van der Waals surface area contributed by atoms with Crippen LogP contribution in [0.2, 0.25) is 0 Å². The number of nitrogens with zero attached hydrogens (tertiary/aromatic N) is 1. The number of nitrogens with two attached hydrogens (primary N) is 1. The molecule has 0 radical (unpaired) electrons. The highest BCUT2D eigenvalue weighted by molar-refractivity contribution is 5.82. The monoisotopic (exact) mass is 275 g/mol. The van der Waals surface area contributed by atoms with E-state index in [1.165, 1.54) is 11.1 Å². The summed E-state index contributed by atoms with van der Waals surface area (Å²) in [7, 11) is 0. The van der Waals surface area contributed by atoms with Crippen LogP contribution in [0.25, 0.3) is 0 Å². The molecule has 2 heterocycles. The molecule has 0 spiro atoms. The molecule has 1 saturated heterocycles. The van der Waals surface area contributed by atoms with Gasteiger partial charge >= 0.3 is 0 Å². The third-order valence-corrected chi connectivity index (χ3v) is 3.97. The van der Waals surface area contributed by atoms with Gasteiger partial charge in [0.2, 0.25) is 0 Å². The molecular formula is C15H21N3O2. The summed E-state index contributed by atoms with van der Waals surface area (Å²) in [5.41, 5.74) is 8.19. The number of amidine groups is 1. The molecule has 0 aromatic heterocycles. The van der Waals surface area contributed by atoms with Crippen molar-refractivity contribution in [2.75, 3.05) is 32.8 Å². The second-order valence-electron chi connectivity index (χ2n) is 5.41. The summed E-state index contributed by atoms with van der Waals surface area (Å²) < 4.78 is 11.0. The molecule has 108 valence electrons. The molecule has 1 aromatic carbocycles. The van der Waals surface area contributed by atoms with Crippen LogP contribution in [0.5, 0.6) is 5.75 Å². The molecule has 3 rings (SSSR count). The predicted octanol–water partition coefficient (Wildman–Crippen LogP) is 0.801. The fourth-order valence-electron chi connectivity index (χ4n) is 2.78. The lowest BCUT2D eigenvalue weighted by Gasteiger charge is -2.32. The van der Waals surface area contributed by atoms with E-state index in [9.17, 15) is 0 Å². The third kappa shape index (κ3) is 2.94. The molecule has 1 fully saturated rings. The summed E-state index contributed by atoms with van der Waals surface area (Å²) in [6.07, 6.45) is 1.79. The Kier molecular flexibility index (Phi) is 3.89. The van der Waals surface area contributed by atoms with E-state index in [4.69, 9.17) is 20.6 Å². The zero-order valence-corrected chi connectivity index (χ0v) is 11.6. The predicted molar refractivity (Wildman–Crippen MR) is 77.4 cm³/mol. The zero-order valence-electron chi connectivity index (χ0n) is 11.6. The van der Waals surface area contributed by atoms with Crippen molar-refractivity contribution in [3.63, 3.8) is 0 Å². The van der Waals surface area contributed by atoms with Gasteiger partial charge < -0.3 is 15.2 Å². The molecule has 0 bridgehead atoms. The van der Waals surface area contributed by atoms with Crippen LogP contribution in [0.3, 0.4) is 0 Å². The summed E-state index contributed by atoms with van der Waals surface area (Å²) in [5.74, 6) is 1.17. The number of morpholine rings is 1. The highest BCUT2D eigenvalue weighted by Gasteiger charge is 2.22. The fraction of sp³-hybridized carbons (Fsp3) is 0.533. The van der Waals surface area contributed by atoms with Crippen LogP contribution in [0.4, 0.5) is 0 Å². The van der Waals surface area contributed by atoms with Crippen LogP contribution in [0.15, 0.2) is 18.2 Å². The molecule has 3 N–H and O–H groups in total. The molecule has 2 aliphatic rings. The Bertz CT molecular complexity index is 504. The fourth-order valence-corrected chi connectivity index (χ4v) is 2.78. The van der Waals surface area contributed by atoms with Crippen LogP contribution in [0, 0.1) is 5.41 Å². The molecule has 1 atom stereocenters. The molecule has 5 heteroatoms. The van der Waals surface area contributed by atoms with Crippen molar-refractivity contribution in [3.8, 4) is 5.75 Å². The standard InChI is InChI=1S/C15H21N3O2/c16-15(17)14-10-18(6-8-20-14)5-3-11-1-2-13-12(9-11)4-7-19-13/h1-2,9,14H,3-8,10H2,(H3,16,17). The molecule has 20 heavy (non-hydrogen) atoms. The van der Waals surface area contributed by atoms with Crippen molar-refractivity contribution in [3.05, 3.63) is 29.3 Å². The molecule has 2 aliphatic heterocycles. The van der Waals surface area contributed by atoms with Gasteiger partial charge in [-0.3, -0.25) is 10.3 Å². The second kappa shape index (κ2) is 5.81. The van der Waals surface area contributed by atoms with Crippen molar-refractivity contribution < 1.29 is 9.47 Å². The third-order valence-electron chi connectivity index (χ3n) is 3.97. The van der Waals surface area contributed by atoms with Crippen molar-refractivity contribution in [2.24, 2.45) is 5.73 Å². The summed E-state index contributed by atoms with van der Waals surface area (Å²) in [5, 5.41) is 7.47. The quantitative estimate of drug-likeness (QED) is 0.630. The Morgan fingerprint density at radius 2 is 2.30 bits per heavy atom.